The molecule has 0 unspecified atom stereocenters. The van der Waals surface area contributed by atoms with Crippen LogP contribution < -0.4 is 0 Å². The minimum atomic E-state index is 0.826. The molecule has 0 saturated heterocycles. The van der Waals surface area contributed by atoms with Crippen LogP contribution in [0.3, 0.4) is 0 Å². The predicted octanol–water partition coefficient (Wildman–Crippen LogP) is 14.4. The van der Waals surface area contributed by atoms with E-state index in [4.69, 9.17) is 0 Å². The van der Waals surface area contributed by atoms with Gasteiger partial charge in [-0.1, -0.05) is 168 Å². The monoisotopic (exact) mass is 588 g/mol. The SMILES string of the molecule is CCCCCCCC/C=C\CCCCCCCCN(CCCCCCCC/C=C\CCCCCCCC)CCC(C)C. The van der Waals surface area contributed by atoms with Gasteiger partial charge in [-0.25, -0.2) is 0 Å². The molecule has 1 heteroatoms. The summed E-state index contributed by atoms with van der Waals surface area (Å²) in [6, 6.07) is 0. The summed E-state index contributed by atoms with van der Waals surface area (Å²) in [5, 5.41) is 0. The minimum absolute atomic E-state index is 0.826. The fraction of sp³-hybridized carbons (Fsp3) is 0.902. The van der Waals surface area contributed by atoms with Crippen molar-refractivity contribution in [1.82, 2.24) is 4.90 Å². The molecule has 1 nitrogen and oxygen atoms in total. The molecule has 0 saturated carbocycles. The lowest BCUT2D eigenvalue weighted by atomic mass is 10.1. The first-order valence-corrected chi connectivity index (χ1v) is 19.7. The maximum Gasteiger partial charge on any atom is -0.00163 e. The molecule has 0 amide bonds. The predicted molar refractivity (Wildman–Crippen MR) is 195 cm³/mol. The van der Waals surface area contributed by atoms with Gasteiger partial charge in [0.15, 0.2) is 0 Å². The van der Waals surface area contributed by atoms with E-state index in [1.165, 1.54) is 206 Å². The fourth-order valence-electron chi connectivity index (χ4n) is 5.94. The van der Waals surface area contributed by atoms with E-state index < -0.39 is 0 Å². The zero-order valence-electron chi connectivity index (χ0n) is 30.0. The van der Waals surface area contributed by atoms with Gasteiger partial charge < -0.3 is 4.90 Å². The van der Waals surface area contributed by atoms with Crippen LogP contribution in [0.5, 0.6) is 0 Å². The lowest BCUT2D eigenvalue weighted by Gasteiger charge is -2.23. The van der Waals surface area contributed by atoms with Gasteiger partial charge in [0.05, 0.1) is 0 Å². The standard InChI is InChI=1S/C41H81N/c1-5-7-9-11-13-15-17-19-21-23-25-27-29-31-33-35-38-42(40-37-41(3)4)39-36-34-32-30-28-26-24-22-20-18-16-14-12-10-8-6-2/h19-22,41H,5-18,23-40H2,1-4H3/b21-19-,22-20-. The van der Waals surface area contributed by atoms with Crippen molar-refractivity contribution in [2.24, 2.45) is 5.92 Å². The van der Waals surface area contributed by atoms with Crippen molar-refractivity contribution in [2.45, 2.75) is 214 Å². The first-order chi connectivity index (χ1) is 20.7. The first kappa shape index (κ1) is 41.4. The summed E-state index contributed by atoms with van der Waals surface area (Å²) in [7, 11) is 0. The number of hydrogen-bond donors (Lipinski definition) is 0. The average Bonchev–Trinajstić information content (AvgIpc) is 2.98. The molecule has 0 aliphatic heterocycles. The second-order valence-electron chi connectivity index (χ2n) is 13.9. The number of rotatable bonds is 35. The Labute approximate surface area is 268 Å². The molecule has 0 aliphatic carbocycles. The Balaban J connectivity index is 3.63. The normalized spacial score (nSPS) is 12.2. The smallest absolute Gasteiger partial charge is 0.00163 e. The van der Waals surface area contributed by atoms with Crippen molar-refractivity contribution < 1.29 is 0 Å². The van der Waals surface area contributed by atoms with Crippen LogP contribution in [0.1, 0.15) is 214 Å². The average molecular weight is 588 g/mol. The van der Waals surface area contributed by atoms with E-state index in [1.54, 1.807) is 0 Å². The summed E-state index contributed by atoms with van der Waals surface area (Å²) in [5.41, 5.74) is 0. The molecule has 0 aromatic carbocycles. The lowest BCUT2D eigenvalue weighted by Crippen LogP contribution is -2.28. The third-order valence-corrected chi connectivity index (χ3v) is 8.99. The van der Waals surface area contributed by atoms with Crippen molar-refractivity contribution in [1.29, 1.82) is 0 Å². The molecule has 0 fully saturated rings. The second kappa shape index (κ2) is 36.6. The Morgan fingerprint density at radius 2 is 0.643 bits per heavy atom. The van der Waals surface area contributed by atoms with Gasteiger partial charge in [0.2, 0.25) is 0 Å². The summed E-state index contributed by atoms with van der Waals surface area (Å²) in [5.74, 6) is 0.826. The second-order valence-corrected chi connectivity index (χ2v) is 13.9. The summed E-state index contributed by atoms with van der Waals surface area (Å²) in [6.07, 6.45) is 50.4. The quantitative estimate of drug-likeness (QED) is 0.0526. The third kappa shape index (κ3) is 35.6. The van der Waals surface area contributed by atoms with Crippen molar-refractivity contribution in [3.63, 3.8) is 0 Å². The molecule has 0 heterocycles. The van der Waals surface area contributed by atoms with Crippen LogP contribution in [0.25, 0.3) is 0 Å². The van der Waals surface area contributed by atoms with Crippen LogP contribution >= 0.6 is 0 Å². The molecule has 0 radical (unpaired) electrons. The molecule has 0 bridgehead atoms. The molecule has 0 N–H and O–H groups in total. The van der Waals surface area contributed by atoms with Crippen LogP contribution in [0.2, 0.25) is 0 Å². The fourth-order valence-corrected chi connectivity index (χ4v) is 5.94. The summed E-state index contributed by atoms with van der Waals surface area (Å²) >= 11 is 0. The molecule has 0 rings (SSSR count). The first-order valence-electron chi connectivity index (χ1n) is 19.7. The molecule has 0 spiro atoms. The number of allylic oxidation sites excluding steroid dienone is 4. The Morgan fingerprint density at radius 1 is 0.357 bits per heavy atom. The van der Waals surface area contributed by atoms with Gasteiger partial charge in [0.25, 0.3) is 0 Å². The highest BCUT2D eigenvalue weighted by Gasteiger charge is 2.06. The Kier molecular flexibility index (Phi) is 36.1. The van der Waals surface area contributed by atoms with Crippen molar-refractivity contribution >= 4 is 0 Å². The zero-order valence-corrected chi connectivity index (χ0v) is 30.0. The molecule has 0 aromatic heterocycles. The van der Waals surface area contributed by atoms with Crippen LogP contribution in [0.15, 0.2) is 24.3 Å². The maximum atomic E-state index is 2.79. The van der Waals surface area contributed by atoms with Crippen LogP contribution in [-0.4, -0.2) is 24.5 Å². The summed E-state index contributed by atoms with van der Waals surface area (Å²) in [4.78, 5) is 2.79. The Hall–Kier alpha value is -0.560. The van der Waals surface area contributed by atoms with E-state index in [1.807, 2.05) is 0 Å². The topological polar surface area (TPSA) is 3.24 Å². The Morgan fingerprint density at radius 3 is 0.952 bits per heavy atom. The van der Waals surface area contributed by atoms with Crippen molar-refractivity contribution in [3.05, 3.63) is 24.3 Å². The van der Waals surface area contributed by atoms with Gasteiger partial charge in [-0.3, -0.25) is 0 Å². The van der Waals surface area contributed by atoms with E-state index in [-0.39, 0.29) is 0 Å². The molecule has 42 heavy (non-hydrogen) atoms. The van der Waals surface area contributed by atoms with Crippen molar-refractivity contribution in [2.75, 3.05) is 19.6 Å². The highest BCUT2D eigenvalue weighted by Crippen LogP contribution is 2.13. The van der Waals surface area contributed by atoms with Gasteiger partial charge in [-0.2, -0.15) is 0 Å². The highest BCUT2D eigenvalue weighted by molar-refractivity contribution is 4.82. The minimum Gasteiger partial charge on any atom is -0.303 e. The lowest BCUT2D eigenvalue weighted by molar-refractivity contribution is 0.246. The molecular weight excluding hydrogens is 506 g/mol. The zero-order chi connectivity index (χ0) is 30.6. The van der Waals surface area contributed by atoms with E-state index in [0.29, 0.717) is 0 Å². The highest BCUT2D eigenvalue weighted by atomic mass is 15.1. The van der Waals surface area contributed by atoms with Crippen molar-refractivity contribution in [3.8, 4) is 0 Å². The molecule has 0 aromatic rings. The molecule has 250 valence electrons. The van der Waals surface area contributed by atoms with E-state index >= 15 is 0 Å². The van der Waals surface area contributed by atoms with E-state index in [0.717, 1.165) is 5.92 Å². The summed E-state index contributed by atoms with van der Waals surface area (Å²) < 4.78 is 0. The number of unbranched alkanes of at least 4 members (excludes halogenated alkanes) is 24. The van der Waals surface area contributed by atoms with E-state index in [2.05, 4.69) is 56.9 Å². The van der Waals surface area contributed by atoms with Gasteiger partial charge in [0, 0.05) is 0 Å². The third-order valence-electron chi connectivity index (χ3n) is 8.99. The van der Waals surface area contributed by atoms with Crippen LogP contribution in [-0.2, 0) is 0 Å². The van der Waals surface area contributed by atoms with Gasteiger partial charge >= 0.3 is 0 Å². The molecule has 0 aliphatic rings. The molecule has 0 atom stereocenters. The van der Waals surface area contributed by atoms with Crippen LogP contribution in [0.4, 0.5) is 0 Å². The summed E-state index contributed by atoms with van der Waals surface area (Å²) in [6.45, 7) is 13.3. The Bertz CT molecular complexity index is 491. The van der Waals surface area contributed by atoms with Crippen LogP contribution in [0, 0.1) is 5.92 Å². The van der Waals surface area contributed by atoms with Gasteiger partial charge in [-0.15, -0.1) is 0 Å². The number of nitrogens with zero attached hydrogens (tertiary/aromatic N) is 1. The largest absolute Gasteiger partial charge is 0.303 e. The molecular formula is C41H81N. The van der Waals surface area contributed by atoms with E-state index in [9.17, 15) is 0 Å². The number of hydrogen-bond acceptors (Lipinski definition) is 1. The maximum absolute atomic E-state index is 2.79. The van der Waals surface area contributed by atoms with Gasteiger partial charge in [-0.05, 0) is 96.2 Å². The van der Waals surface area contributed by atoms with Gasteiger partial charge in [0.1, 0.15) is 0 Å².